The molecule has 48 heavy (non-hydrogen) atoms. The van der Waals surface area contributed by atoms with Gasteiger partial charge in [0.2, 0.25) is 0 Å². The van der Waals surface area contributed by atoms with E-state index in [-0.39, 0.29) is 11.1 Å². The van der Waals surface area contributed by atoms with Crippen molar-refractivity contribution in [1.82, 2.24) is 4.57 Å². The molecule has 0 fully saturated rings. The van der Waals surface area contributed by atoms with Gasteiger partial charge in [-0.3, -0.25) is 4.79 Å². The highest BCUT2D eigenvalue weighted by atomic mass is 32.1. The lowest BCUT2D eigenvalue weighted by Crippen LogP contribution is -2.23. The average Bonchev–Trinajstić information content (AvgIpc) is 3.82. The summed E-state index contributed by atoms with van der Waals surface area (Å²) in [6.07, 6.45) is 3.41. The van der Waals surface area contributed by atoms with Crippen LogP contribution in [0.1, 0.15) is 42.7 Å². The summed E-state index contributed by atoms with van der Waals surface area (Å²) in [5, 5.41) is 9.28. The number of benzene rings is 4. The smallest absolute Gasteiger partial charge is 0.333 e. The van der Waals surface area contributed by atoms with Crippen molar-refractivity contribution < 1.29 is 9.90 Å². The third-order valence-electron chi connectivity index (χ3n) is 9.75. The maximum Gasteiger partial charge on any atom is 0.333 e. The number of thiophene rings is 1. The number of nitrogens with zero attached hydrogens (tertiary/aromatic N) is 3. The summed E-state index contributed by atoms with van der Waals surface area (Å²) in [6, 6.07) is 43.2. The summed E-state index contributed by atoms with van der Waals surface area (Å²) in [4.78, 5) is 18.6. The van der Waals surface area contributed by atoms with Crippen LogP contribution in [0.4, 0.5) is 17.1 Å². The first-order chi connectivity index (χ1) is 23.4. The zero-order valence-electron chi connectivity index (χ0n) is 27.1. The van der Waals surface area contributed by atoms with E-state index in [1.165, 1.54) is 39.7 Å². The normalized spacial score (nSPS) is 13.1. The summed E-state index contributed by atoms with van der Waals surface area (Å²) in [7, 11) is 2.07. The molecule has 5 nitrogen and oxygen atoms in total. The molecule has 2 aromatic heterocycles. The standard InChI is InChI=1S/C42H35N3O2S/c1-5-42(6-2)35-25-28(38-22-23-39(44(38)4)40-24-19-32(48-40)27-37(43-3)41(46)47)17-20-33(35)34-21-18-31(26-36(34)42)45(29-13-9-7-10-14-29)30-15-11-8-12-16-30/h7-27H,5-6H2,1-2,4H3,(H,46,47). The third-order valence-corrected chi connectivity index (χ3v) is 10.8. The molecule has 0 radical (unpaired) electrons. The molecule has 7 rings (SSSR count). The Morgan fingerprint density at radius 1 is 0.792 bits per heavy atom. The Morgan fingerprint density at radius 2 is 1.40 bits per heavy atom. The van der Waals surface area contributed by atoms with Crippen LogP contribution in [0.3, 0.4) is 0 Å². The van der Waals surface area contributed by atoms with Gasteiger partial charge in [-0.1, -0.05) is 68.4 Å². The molecule has 0 spiro atoms. The fourth-order valence-corrected chi connectivity index (χ4v) is 8.29. The molecule has 0 amide bonds. The SMILES string of the molecule is [C-]#[N+]C(=Cc1ccc(-c2ccc(-c3ccc4c(c3)C(CC)(CC)c3cc(N(c5ccccc5)c5ccccc5)ccc3-4)n2C)s1)C(=O)O. The summed E-state index contributed by atoms with van der Waals surface area (Å²) in [6.45, 7) is 11.8. The molecule has 0 saturated carbocycles. The fourth-order valence-electron chi connectivity index (χ4n) is 7.29. The van der Waals surface area contributed by atoms with E-state index in [2.05, 4.69) is 144 Å². The monoisotopic (exact) mass is 645 g/mol. The van der Waals surface area contributed by atoms with Crippen LogP contribution in [0.25, 0.3) is 43.9 Å². The van der Waals surface area contributed by atoms with Gasteiger partial charge in [0.1, 0.15) is 0 Å². The predicted molar refractivity (Wildman–Crippen MR) is 198 cm³/mol. The minimum absolute atomic E-state index is 0.122. The van der Waals surface area contributed by atoms with Gasteiger partial charge in [0.25, 0.3) is 5.70 Å². The number of fused-ring (bicyclic) bond motifs is 3. The molecule has 1 aliphatic rings. The van der Waals surface area contributed by atoms with E-state index in [9.17, 15) is 9.90 Å². The molecule has 6 aromatic rings. The van der Waals surface area contributed by atoms with Crippen LogP contribution in [-0.2, 0) is 17.3 Å². The third kappa shape index (κ3) is 5.13. The summed E-state index contributed by atoms with van der Waals surface area (Å²) < 4.78 is 2.20. The van der Waals surface area contributed by atoms with Gasteiger partial charge in [0.15, 0.2) is 0 Å². The van der Waals surface area contributed by atoms with E-state index in [0.29, 0.717) is 0 Å². The van der Waals surface area contributed by atoms with Crippen LogP contribution in [-0.4, -0.2) is 15.6 Å². The van der Waals surface area contributed by atoms with Gasteiger partial charge < -0.3 is 14.6 Å². The lowest BCUT2D eigenvalue weighted by Gasteiger charge is -2.32. The first-order valence-corrected chi connectivity index (χ1v) is 17.0. The van der Waals surface area contributed by atoms with E-state index < -0.39 is 5.97 Å². The Bertz CT molecular complexity index is 2180. The molecule has 236 valence electrons. The van der Waals surface area contributed by atoms with Crippen molar-refractivity contribution in [3.05, 3.63) is 154 Å². The molecular weight excluding hydrogens is 611 g/mol. The van der Waals surface area contributed by atoms with Crippen molar-refractivity contribution in [2.24, 2.45) is 7.05 Å². The Balaban J connectivity index is 1.28. The lowest BCUT2D eigenvalue weighted by molar-refractivity contribution is -0.132. The first-order valence-electron chi connectivity index (χ1n) is 16.2. The predicted octanol–water partition coefficient (Wildman–Crippen LogP) is 11.3. The second-order valence-corrected chi connectivity index (χ2v) is 13.2. The highest BCUT2D eigenvalue weighted by Gasteiger charge is 2.41. The first kappa shape index (κ1) is 31.0. The molecule has 0 aliphatic heterocycles. The molecule has 4 aromatic carbocycles. The van der Waals surface area contributed by atoms with Crippen molar-refractivity contribution in [2.75, 3.05) is 4.90 Å². The van der Waals surface area contributed by atoms with E-state index in [4.69, 9.17) is 6.57 Å². The minimum Gasteiger partial charge on any atom is -0.486 e. The molecule has 6 heteroatoms. The van der Waals surface area contributed by atoms with Gasteiger partial charge in [0.05, 0.1) is 17.1 Å². The van der Waals surface area contributed by atoms with E-state index in [1.807, 2.05) is 12.1 Å². The van der Waals surface area contributed by atoms with Gasteiger partial charge in [0, 0.05) is 40.1 Å². The maximum atomic E-state index is 11.3. The van der Waals surface area contributed by atoms with Crippen LogP contribution in [0, 0.1) is 6.57 Å². The van der Waals surface area contributed by atoms with Crippen molar-refractivity contribution in [3.8, 4) is 33.0 Å². The number of carboxylic acids is 1. The van der Waals surface area contributed by atoms with Gasteiger partial charge in [-0.2, -0.15) is 0 Å². The van der Waals surface area contributed by atoms with Crippen LogP contribution in [0.15, 0.2) is 127 Å². The number of para-hydroxylation sites is 2. The number of hydrogen-bond donors (Lipinski definition) is 1. The van der Waals surface area contributed by atoms with Gasteiger partial charge >= 0.3 is 5.97 Å². The van der Waals surface area contributed by atoms with E-state index in [0.717, 1.165) is 56.6 Å². The van der Waals surface area contributed by atoms with Gasteiger partial charge in [-0.25, -0.2) is 4.85 Å². The Kier molecular flexibility index (Phi) is 8.08. The van der Waals surface area contributed by atoms with Crippen molar-refractivity contribution in [1.29, 1.82) is 0 Å². The molecule has 2 heterocycles. The average molecular weight is 646 g/mol. The molecule has 1 aliphatic carbocycles. The second kappa shape index (κ2) is 12.5. The van der Waals surface area contributed by atoms with Crippen LogP contribution < -0.4 is 4.90 Å². The minimum atomic E-state index is -1.21. The second-order valence-electron chi connectivity index (χ2n) is 12.1. The number of carboxylic acid groups (broad SMARTS) is 1. The van der Waals surface area contributed by atoms with Crippen LogP contribution in [0.5, 0.6) is 0 Å². The molecule has 0 unspecified atom stereocenters. The Hall–Kier alpha value is -5.64. The molecule has 1 N–H and O–H groups in total. The maximum absolute atomic E-state index is 11.3. The number of aliphatic carboxylic acids is 1. The zero-order chi connectivity index (χ0) is 33.4. The zero-order valence-corrected chi connectivity index (χ0v) is 28.0. The Labute approximate surface area is 285 Å². The Morgan fingerprint density at radius 3 is 2.00 bits per heavy atom. The fraction of sp³-hybridized carbons (Fsp3) is 0.143. The number of anilines is 3. The van der Waals surface area contributed by atoms with E-state index in [1.54, 1.807) is 0 Å². The largest absolute Gasteiger partial charge is 0.486 e. The highest BCUT2D eigenvalue weighted by molar-refractivity contribution is 7.16. The lowest BCUT2D eigenvalue weighted by atomic mass is 9.73. The summed E-state index contributed by atoms with van der Waals surface area (Å²) >= 11 is 1.48. The number of aromatic nitrogens is 1. The van der Waals surface area contributed by atoms with Gasteiger partial charge in [-0.15, -0.1) is 11.3 Å². The number of rotatable bonds is 9. The van der Waals surface area contributed by atoms with E-state index >= 15 is 0 Å². The summed E-state index contributed by atoms with van der Waals surface area (Å²) in [5.41, 5.74) is 11.7. The highest BCUT2D eigenvalue weighted by Crippen LogP contribution is 2.55. The van der Waals surface area contributed by atoms with Crippen LogP contribution in [0.2, 0.25) is 0 Å². The van der Waals surface area contributed by atoms with Crippen LogP contribution >= 0.6 is 11.3 Å². The van der Waals surface area contributed by atoms with Gasteiger partial charge in [-0.05, 0) is 113 Å². The summed E-state index contributed by atoms with van der Waals surface area (Å²) in [5.74, 6) is -1.21. The quantitative estimate of drug-likeness (QED) is 0.126. The molecule has 0 atom stereocenters. The number of carbonyl (C=O) groups is 1. The van der Waals surface area contributed by atoms with Crippen molar-refractivity contribution in [2.45, 2.75) is 32.1 Å². The van der Waals surface area contributed by atoms with Crippen molar-refractivity contribution >= 4 is 40.4 Å². The molecular formula is C42H35N3O2S. The van der Waals surface area contributed by atoms with Crippen molar-refractivity contribution in [3.63, 3.8) is 0 Å². The molecule has 0 bridgehead atoms. The topological polar surface area (TPSA) is 49.8 Å². The number of hydrogen-bond acceptors (Lipinski definition) is 3. The molecule has 0 saturated heterocycles.